The molecule has 0 spiro atoms. The standard InChI is InChI=1S/C11H13N3O6S/c1-6(15)12-7(11(16)17)5-21-10-8(14(18)19)3-4-9(13-10)20-2/h3-4,7H,5H2,1-2H3,(H,12,15)(H,16,17). The summed E-state index contributed by atoms with van der Waals surface area (Å²) in [5, 5.41) is 22.1. The molecule has 1 aromatic rings. The van der Waals surface area contributed by atoms with Gasteiger partial charge in [0.25, 0.3) is 0 Å². The van der Waals surface area contributed by atoms with Crippen LogP contribution < -0.4 is 10.1 Å². The van der Waals surface area contributed by atoms with Gasteiger partial charge in [0, 0.05) is 24.8 Å². The average molecular weight is 315 g/mol. The van der Waals surface area contributed by atoms with E-state index in [1.165, 1.54) is 26.2 Å². The molecule has 2 N–H and O–H groups in total. The lowest BCUT2D eigenvalue weighted by molar-refractivity contribution is -0.388. The maximum absolute atomic E-state index is 11.0. The molecule has 1 heterocycles. The van der Waals surface area contributed by atoms with Crippen molar-refractivity contribution in [1.29, 1.82) is 0 Å². The van der Waals surface area contributed by atoms with E-state index in [0.29, 0.717) is 0 Å². The molecule has 0 saturated heterocycles. The Kier molecular flexibility index (Phi) is 5.91. The summed E-state index contributed by atoms with van der Waals surface area (Å²) in [6, 6.07) is 1.40. The predicted octanol–water partition coefficient (Wildman–Crippen LogP) is 0.680. The first-order valence-electron chi connectivity index (χ1n) is 5.67. The van der Waals surface area contributed by atoms with Crippen molar-refractivity contribution in [2.24, 2.45) is 0 Å². The second-order valence-electron chi connectivity index (χ2n) is 3.84. The fourth-order valence-electron chi connectivity index (χ4n) is 1.36. The van der Waals surface area contributed by atoms with E-state index in [9.17, 15) is 19.7 Å². The first-order chi connectivity index (χ1) is 9.85. The average Bonchev–Trinajstić information content (AvgIpc) is 2.42. The lowest BCUT2D eigenvalue weighted by Crippen LogP contribution is -2.41. The minimum absolute atomic E-state index is 0.0240. The van der Waals surface area contributed by atoms with Gasteiger partial charge in [-0.05, 0) is 0 Å². The molecule has 10 heteroatoms. The van der Waals surface area contributed by atoms with Gasteiger partial charge in [0.15, 0.2) is 5.03 Å². The number of amides is 1. The van der Waals surface area contributed by atoms with Gasteiger partial charge in [-0.1, -0.05) is 11.8 Å². The predicted molar refractivity (Wildman–Crippen MR) is 73.4 cm³/mol. The maximum atomic E-state index is 11.0. The van der Waals surface area contributed by atoms with Gasteiger partial charge in [0.05, 0.1) is 12.0 Å². The van der Waals surface area contributed by atoms with E-state index in [-0.39, 0.29) is 22.3 Å². The van der Waals surface area contributed by atoms with E-state index in [0.717, 1.165) is 11.8 Å². The smallest absolute Gasteiger partial charge is 0.327 e. The van der Waals surface area contributed by atoms with Crippen LogP contribution in [0.25, 0.3) is 0 Å². The lowest BCUT2D eigenvalue weighted by atomic mass is 10.3. The summed E-state index contributed by atoms with van der Waals surface area (Å²) in [5.41, 5.74) is -0.257. The van der Waals surface area contributed by atoms with Crippen LogP contribution in [0.1, 0.15) is 6.92 Å². The molecule has 1 atom stereocenters. The quantitative estimate of drug-likeness (QED) is 0.426. The number of aromatic nitrogens is 1. The van der Waals surface area contributed by atoms with Crippen LogP contribution in [0, 0.1) is 10.1 Å². The molecule has 114 valence electrons. The second-order valence-corrected chi connectivity index (χ2v) is 4.85. The molecule has 21 heavy (non-hydrogen) atoms. The van der Waals surface area contributed by atoms with Gasteiger partial charge >= 0.3 is 11.7 Å². The Morgan fingerprint density at radius 1 is 1.57 bits per heavy atom. The molecular weight excluding hydrogens is 302 g/mol. The van der Waals surface area contributed by atoms with Crippen LogP contribution in [0.15, 0.2) is 17.2 Å². The molecule has 0 aliphatic heterocycles. The number of pyridine rings is 1. The number of carbonyl (C=O) groups excluding carboxylic acids is 1. The van der Waals surface area contributed by atoms with Crippen LogP contribution in [0.5, 0.6) is 5.88 Å². The largest absolute Gasteiger partial charge is 0.481 e. The molecule has 0 aliphatic rings. The molecule has 1 amide bonds. The number of carboxylic acids is 1. The van der Waals surface area contributed by atoms with Gasteiger partial charge in [0.1, 0.15) is 6.04 Å². The van der Waals surface area contributed by atoms with Crippen molar-refractivity contribution in [2.45, 2.75) is 18.0 Å². The molecule has 0 saturated carbocycles. The third-order valence-corrected chi connectivity index (χ3v) is 3.36. The van der Waals surface area contributed by atoms with Crippen molar-refractivity contribution in [3.8, 4) is 5.88 Å². The highest BCUT2D eigenvalue weighted by molar-refractivity contribution is 7.99. The van der Waals surface area contributed by atoms with Crippen molar-refractivity contribution in [1.82, 2.24) is 10.3 Å². The summed E-state index contributed by atoms with van der Waals surface area (Å²) in [4.78, 5) is 36.1. The Hall–Kier alpha value is -2.36. The Labute approximate surface area is 123 Å². The Morgan fingerprint density at radius 2 is 2.24 bits per heavy atom. The fraction of sp³-hybridized carbons (Fsp3) is 0.364. The highest BCUT2D eigenvalue weighted by Gasteiger charge is 2.23. The SMILES string of the molecule is COc1ccc([N+](=O)[O-])c(SCC(NC(C)=O)C(=O)O)n1. The maximum Gasteiger partial charge on any atom is 0.327 e. The van der Waals surface area contributed by atoms with E-state index in [4.69, 9.17) is 9.84 Å². The van der Waals surface area contributed by atoms with Gasteiger partial charge in [-0.3, -0.25) is 14.9 Å². The van der Waals surface area contributed by atoms with Crippen molar-refractivity contribution < 1.29 is 24.4 Å². The zero-order chi connectivity index (χ0) is 16.0. The Bertz CT molecular complexity index is 565. The van der Waals surface area contributed by atoms with Crippen LogP contribution in [0.4, 0.5) is 5.69 Å². The zero-order valence-electron chi connectivity index (χ0n) is 11.2. The number of rotatable bonds is 7. The van der Waals surface area contributed by atoms with Crippen LogP contribution in [-0.2, 0) is 9.59 Å². The number of hydrogen-bond acceptors (Lipinski definition) is 7. The first-order valence-corrected chi connectivity index (χ1v) is 6.65. The number of nitro groups is 1. The number of carboxylic acid groups (broad SMARTS) is 1. The summed E-state index contributed by atoms with van der Waals surface area (Å²) in [6.07, 6.45) is 0. The zero-order valence-corrected chi connectivity index (χ0v) is 12.0. The van der Waals surface area contributed by atoms with Crippen LogP contribution in [0.2, 0.25) is 0 Å². The number of aliphatic carboxylic acids is 1. The Morgan fingerprint density at radius 3 is 2.71 bits per heavy atom. The van der Waals surface area contributed by atoms with Crippen molar-refractivity contribution in [2.75, 3.05) is 12.9 Å². The highest BCUT2D eigenvalue weighted by atomic mass is 32.2. The van der Waals surface area contributed by atoms with Gasteiger partial charge < -0.3 is 15.2 Å². The Balaban J connectivity index is 2.92. The molecule has 9 nitrogen and oxygen atoms in total. The third-order valence-electron chi connectivity index (χ3n) is 2.28. The number of nitrogens with one attached hydrogen (secondary N) is 1. The van der Waals surface area contributed by atoms with Gasteiger partial charge in [0.2, 0.25) is 11.8 Å². The normalized spacial score (nSPS) is 11.5. The number of carbonyl (C=O) groups is 2. The summed E-state index contributed by atoms with van der Waals surface area (Å²) in [6.45, 7) is 1.19. The highest BCUT2D eigenvalue weighted by Crippen LogP contribution is 2.29. The summed E-state index contributed by atoms with van der Waals surface area (Å²) < 4.78 is 4.88. The molecular formula is C11H13N3O6S. The van der Waals surface area contributed by atoms with E-state index in [2.05, 4.69) is 10.3 Å². The van der Waals surface area contributed by atoms with Gasteiger partial charge in [-0.2, -0.15) is 4.98 Å². The molecule has 0 radical (unpaired) electrons. The van der Waals surface area contributed by atoms with Crippen LogP contribution in [0.3, 0.4) is 0 Å². The number of nitrogens with zero attached hydrogens (tertiary/aromatic N) is 2. The number of hydrogen-bond donors (Lipinski definition) is 2. The lowest BCUT2D eigenvalue weighted by Gasteiger charge is -2.12. The van der Waals surface area contributed by atoms with E-state index >= 15 is 0 Å². The molecule has 0 aliphatic carbocycles. The number of methoxy groups -OCH3 is 1. The van der Waals surface area contributed by atoms with Crippen molar-refractivity contribution in [3.05, 3.63) is 22.2 Å². The molecule has 1 aromatic heterocycles. The minimum atomic E-state index is -1.23. The van der Waals surface area contributed by atoms with E-state index in [1.807, 2.05) is 0 Å². The monoisotopic (exact) mass is 315 g/mol. The number of ether oxygens (including phenoxy) is 1. The van der Waals surface area contributed by atoms with Crippen LogP contribution in [-0.4, -0.2) is 45.8 Å². The molecule has 0 fully saturated rings. The fourth-order valence-corrected chi connectivity index (χ4v) is 2.35. The minimum Gasteiger partial charge on any atom is -0.481 e. The molecule has 0 aromatic carbocycles. The van der Waals surface area contributed by atoms with E-state index < -0.39 is 22.8 Å². The summed E-state index contributed by atoms with van der Waals surface area (Å²) in [5.74, 6) is -1.66. The first kappa shape index (κ1) is 16.7. The van der Waals surface area contributed by atoms with Crippen LogP contribution >= 0.6 is 11.8 Å². The molecule has 1 rings (SSSR count). The summed E-state index contributed by atoms with van der Waals surface area (Å²) >= 11 is 0.855. The molecule has 0 bridgehead atoms. The van der Waals surface area contributed by atoms with Gasteiger partial charge in [-0.25, -0.2) is 4.79 Å². The van der Waals surface area contributed by atoms with E-state index in [1.54, 1.807) is 0 Å². The second kappa shape index (κ2) is 7.43. The number of thioether (sulfide) groups is 1. The third kappa shape index (κ3) is 4.91. The van der Waals surface area contributed by atoms with Gasteiger partial charge in [-0.15, -0.1) is 0 Å². The summed E-state index contributed by atoms with van der Waals surface area (Å²) in [7, 11) is 1.36. The van der Waals surface area contributed by atoms with Crippen molar-refractivity contribution in [3.63, 3.8) is 0 Å². The van der Waals surface area contributed by atoms with Crippen molar-refractivity contribution >= 4 is 29.3 Å². The topological polar surface area (TPSA) is 132 Å². The molecule has 1 unspecified atom stereocenters.